The van der Waals surface area contributed by atoms with Gasteiger partial charge in [0.15, 0.2) is 0 Å². The van der Waals surface area contributed by atoms with E-state index in [0.717, 1.165) is 6.42 Å². The number of hydrogen-bond donors (Lipinski definition) is 0. The lowest BCUT2D eigenvalue weighted by molar-refractivity contribution is -0.133. The highest BCUT2D eigenvalue weighted by Gasteiger charge is 2.31. The number of hydrogen-bond acceptors (Lipinski definition) is 1. The third-order valence-corrected chi connectivity index (χ3v) is 1.68. The van der Waals surface area contributed by atoms with Crippen LogP contribution in [-0.4, -0.2) is 5.78 Å². The van der Waals surface area contributed by atoms with Gasteiger partial charge in [-0.3, -0.25) is 4.79 Å². The molecule has 1 saturated carbocycles. The monoisotopic (exact) mass is 98.1 g/mol. The first-order chi connectivity index (χ1) is 3.22. The standard InChI is InChI=1S/C6H10O/c1-4-3-5(2)6(4)7/h4-5H,3H2,1-2H3/t4-,5-/m1/s1. The van der Waals surface area contributed by atoms with Crippen LogP contribution in [0.15, 0.2) is 0 Å². The Morgan fingerprint density at radius 1 is 1.43 bits per heavy atom. The minimum Gasteiger partial charge on any atom is -0.299 e. The van der Waals surface area contributed by atoms with E-state index in [1.165, 1.54) is 0 Å². The van der Waals surface area contributed by atoms with Crippen molar-refractivity contribution in [3.8, 4) is 0 Å². The summed E-state index contributed by atoms with van der Waals surface area (Å²) in [6.07, 6.45) is 1.11. The van der Waals surface area contributed by atoms with E-state index in [2.05, 4.69) is 0 Å². The zero-order valence-electron chi connectivity index (χ0n) is 4.77. The van der Waals surface area contributed by atoms with Crippen LogP contribution in [0.25, 0.3) is 0 Å². The van der Waals surface area contributed by atoms with Crippen molar-refractivity contribution in [2.24, 2.45) is 11.8 Å². The molecule has 0 bridgehead atoms. The summed E-state index contributed by atoms with van der Waals surface area (Å²) in [5, 5.41) is 0. The summed E-state index contributed by atoms with van der Waals surface area (Å²) in [5.74, 6) is 1.19. The van der Waals surface area contributed by atoms with Gasteiger partial charge in [-0.2, -0.15) is 0 Å². The van der Waals surface area contributed by atoms with Crippen LogP contribution in [0.1, 0.15) is 20.3 Å². The van der Waals surface area contributed by atoms with Gasteiger partial charge in [0.2, 0.25) is 0 Å². The maximum atomic E-state index is 10.6. The summed E-state index contributed by atoms with van der Waals surface area (Å²) >= 11 is 0. The van der Waals surface area contributed by atoms with Gasteiger partial charge in [0.05, 0.1) is 0 Å². The quantitative estimate of drug-likeness (QED) is 0.445. The first-order valence-electron chi connectivity index (χ1n) is 2.75. The highest BCUT2D eigenvalue weighted by Crippen LogP contribution is 2.27. The van der Waals surface area contributed by atoms with Crippen LogP contribution in [0, 0.1) is 11.8 Å². The highest BCUT2D eigenvalue weighted by molar-refractivity contribution is 5.88. The van der Waals surface area contributed by atoms with Gasteiger partial charge in [-0.1, -0.05) is 13.8 Å². The molecule has 1 nitrogen and oxygen atoms in total. The molecule has 0 unspecified atom stereocenters. The molecule has 0 heterocycles. The summed E-state index contributed by atoms with van der Waals surface area (Å²) in [4.78, 5) is 10.6. The molecule has 1 heteroatoms. The van der Waals surface area contributed by atoms with E-state index in [1.54, 1.807) is 0 Å². The van der Waals surface area contributed by atoms with Gasteiger partial charge in [0, 0.05) is 11.8 Å². The van der Waals surface area contributed by atoms with Gasteiger partial charge in [-0.15, -0.1) is 0 Å². The minimum absolute atomic E-state index is 0.370. The molecule has 0 spiro atoms. The van der Waals surface area contributed by atoms with Crippen LogP contribution in [0.5, 0.6) is 0 Å². The van der Waals surface area contributed by atoms with Gasteiger partial charge in [0.25, 0.3) is 0 Å². The average Bonchev–Trinajstić information content (AvgIpc) is 1.68. The molecule has 2 atom stereocenters. The smallest absolute Gasteiger partial charge is 0.138 e. The first kappa shape index (κ1) is 4.82. The molecule has 7 heavy (non-hydrogen) atoms. The molecule has 0 aromatic rings. The Morgan fingerprint density at radius 3 is 1.86 bits per heavy atom. The Balaban J connectivity index is 2.44. The lowest BCUT2D eigenvalue weighted by Crippen LogP contribution is -2.32. The summed E-state index contributed by atoms with van der Waals surface area (Å²) in [6.45, 7) is 3.98. The van der Waals surface area contributed by atoms with Crippen LogP contribution in [0.4, 0.5) is 0 Å². The van der Waals surface area contributed by atoms with Crippen LogP contribution in [0.3, 0.4) is 0 Å². The highest BCUT2D eigenvalue weighted by atomic mass is 16.1. The van der Waals surface area contributed by atoms with Crippen molar-refractivity contribution in [2.45, 2.75) is 20.3 Å². The molecule has 0 saturated heterocycles. The maximum Gasteiger partial charge on any atom is 0.138 e. The van der Waals surface area contributed by atoms with Crippen molar-refractivity contribution in [2.75, 3.05) is 0 Å². The topological polar surface area (TPSA) is 17.1 Å². The van der Waals surface area contributed by atoms with Crippen LogP contribution >= 0.6 is 0 Å². The fourth-order valence-electron chi connectivity index (χ4n) is 1.09. The molecular weight excluding hydrogens is 88.1 g/mol. The summed E-state index contributed by atoms with van der Waals surface area (Å²) in [5.41, 5.74) is 0. The second-order valence-corrected chi connectivity index (χ2v) is 2.44. The SMILES string of the molecule is C[C@@H]1C[C@@H](C)C1=O. The molecule has 0 aromatic heterocycles. The molecule has 0 amide bonds. The average molecular weight is 98.1 g/mol. The van der Waals surface area contributed by atoms with E-state index in [9.17, 15) is 4.79 Å². The molecule has 1 rings (SSSR count). The minimum atomic E-state index is 0.370. The van der Waals surface area contributed by atoms with Crippen LogP contribution in [0.2, 0.25) is 0 Å². The van der Waals surface area contributed by atoms with E-state index >= 15 is 0 Å². The van der Waals surface area contributed by atoms with Gasteiger partial charge in [-0.05, 0) is 6.42 Å². The van der Waals surface area contributed by atoms with Gasteiger partial charge >= 0.3 is 0 Å². The Morgan fingerprint density at radius 2 is 1.86 bits per heavy atom. The van der Waals surface area contributed by atoms with Crippen molar-refractivity contribution < 1.29 is 4.79 Å². The Kier molecular flexibility index (Phi) is 0.911. The zero-order valence-corrected chi connectivity index (χ0v) is 4.77. The molecule has 0 N–H and O–H groups in total. The van der Waals surface area contributed by atoms with Crippen molar-refractivity contribution in [1.29, 1.82) is 0 Å². The lowest BCUT2D eigenvalue weighted by atomic mass is 9.76. The Hall–Kier alpha value is -0.330. The van der Waals surface area contributed by atoms with E-state index in [0.29, 0.717) is 17.6 Å². The fraction of sp³-hybridized carbons (Fsp3) is 0.833. The summed E-state index contributed by atoms with van der Waals surface area (Å²) in [7, 11) is 0. The predicted molar refractivity (Wildman–Crippen MR) is 28.0 cm³/mol. The molecule has 0 aliphatic heterocycles. The summed E-state index contributed by atoms with van der Waals surface area (Å²) < 4.78 is 0. The molecule has 1 aliphatic rings. The van der Waals surface area contributed by atoms with Gasteiger partial charge in [-0.25, -0.2) is 0 Å². The van der Waals surface area contributed by atoms with Gasteiger partial charge < -0.3 is 0 Å². The molecule has 0 radical (unpaired) electrons. The predicted octanol–water partition coefficient (Wildman–Crippen LogP) is 1.23. The second kappa shape index (κ2) is 1.32. The number of Topliss-reactive ketones (excluding diaryl/α,β-unsaturated/α-hetero) is 1. The maximum absolute atomic E-state index is 10.6. The van der Waals surface area contributed by atoms with E-state index in [-0.39, 0.29) is 0 Å². The van der Waals surface area contributed by atoms with Crippen molar-refractivity contribution >= 4 is 5.78 Å². The largest absolute Gasteiger partial charge is 0.299 e. The van der Waals surface area contributed by atoms with Crippen molar-refractivity contribution in [3.05, 3.63) is 0 Å². The Labute approximate surface area is 43.7 Å². The third-order valence-electron chi connectivity index (χ3n) is 1.68. The summed E-state index contributed by atoms with van der Waals surface area (Å²) in [6, 6.07) is 0. The molecule has 0 aromatic carbocycles. The van der Waals surface area contributed by atoms with Crippen LogP contribution in [-0.2, 0) is 4.79 Å². The molecule has 40 valence electrons. The number of carbonyl (C=O) groups is 1. The molecule has 1 fully saturated rings. The zero-order chi connectivity index (χ0) is 5.44. The second-order valence-electron chi connectivity index (χ2n) is 2.44. The molecule has 1 aliphatic carbocycles. The van der Waals surface area contributed by atoms with E-state index in [1.807, 2.05) is 13.8 Å². The van der Waals surface area contributed by atoms with E-state index < -0.39 is 0 Å². The van der Waals surface area contributed by atoms with Crippen molar-refractivity contribution in [1.82, 2.24) is 0 Å². The number of carbonyl (C=O) groups excluding carboxylic acids is 1. The Bertz CT molecular complexity index is 86.4. The number of rotatable bonds is 0. The third kappa shape index (κ3) is 0.561. The first-order valence-corrected chi connectivity index (χ1v) is 2.75. The molecular formula is C6H10O. The van der Waals surface area contributed by atoms with E-state index in [4.69, 9.17) is 0 Å². The van der Waals surface area contributed by atoms with Crippen LogP contribution < -0.4 is 0 Å². The normalized spacial score (nSPS) is 40.6. The van der Waals surface area contributed by atoms with Gasteiger partial charge in [0.1, 0.15) is 5.78 Å². The fourth-order valence-corrected chi connectivity index (χ4v) is 1.09. The number of ketones is 1. The van der Waals surface area contributed by atoms with Crippen molar-refractivity contribution in [3.63, 3.8) is 0 Å². The lowest BCUT2D eigenvalue weighted by Gasteiger charge is -2.26.